The number of unbranched alkanes of at least 4 members (excludes halogenated alkanes) is 1. The van der Waals surface area contributed by atoms with E-state index in [0.29, 0.717) is 0 Å². The van der Waals surface area contributed by atoms with Crippen LogP contribution in [0.4, 0.5) is 0 Å². The van der Waals surface area contributed by atoms with Crippen molar-refractivity contribution in [2.45, 2.75) is 44.9 Å². The molecule has 1 atom stereocenters. The molecule has 0 aliphatic carbocycles. The lowest BCUT2D eigenvalue weighted by Gasteiger charge is -2.09. The molecule has 0 aromatic carbocycles. The van der Waals surface area contributed by atoms with Crippen LogP contribution in [0.25, 0.3) is 0 Å². The summed E-state index contributed by atoms with van der Waals surface area (Å²) in [6.45, 7) is 7.82. The number of nitrogens with one attached hydrogen (secondary N) is 1. The van der Waals surface area contributed by atoms with E-state index in [1.165, 1.54) is 6.42 Å². The topological polar surface area (TPSA) is 21.3 Å². The number of rotatable bonds is 10. The first-order valence-corrected chi connectivity index (χ1v) is 6.17. The van der Waals surface area contributed by atoms with E-state index in [0.717, 1.165) is 45.6 Å². The van der Waals surface area contributed by atoms with Crippen LogP contribution in [0.2, 0.25) is 0 Å². The minimum absolute atomic E-state index is 0.274. The zero-order valence-corrected chi connectivity index (χ0v) is 10.3. The Morgan fingerprint density at radius 2 is 2.00 bits per heavy atom. The van der Waals surface area contributed by atoms with Gasteiger partial charge in [0.05, 0.1) is 6.61 Å². The Balaban J connectivity index is 2.98. The van der Waals surface area contributed by atoms with Crippen LogP contribution in [0.3, 0.4) is 0 Å². The molecule has 2 nitrogen and oxygen atoms in total. The first kappa shape index (κ1) is 14.2. The van der Waals surface area contributed by atoms with Gasteiger partial charge < -0.3 is 10.1 Å². The Bertz CT molecular complexity index is 111. The van der Waals surface area contributed by atoms with Crippen LogP contribution in [0.5, 0.6) is 0 Å². The van der Waals surface area contributed by atoms with Crippen LogP contribution in [0.1, 0.15) is 39.5 Å². The van der Waals surface area contributed by atoms with Gasteiger partial charge in [-0.25, -0.2) is 0 Å². The molecule has 0 saturated carbocycles. The SMILES string of the molecule is CCCCOCCNCC(Cl)CCC. The summed E-state index contributed by atoms with van der Waals surface area (Å²) in [6.07, 6.45) is 4.61. The fraction of sp³-hybridized carbons (Fsp3) is 1.00. The summed E-state index contributed by atoms with van der Waals surface area (Å²) in [5, 5.41) is 3.56. The fourth-order valence-corrected chi connectivity index (χ4v) is 1.49. The van der Waals surface area contributed by atoms with Crippen LogP contribution in [0, 0.1) is 0 Å². The molecule has 0 aromatic rings. The molecule has 0 spiro atoms. The number of halogens is 1. The van der Waals surface area contributed by atoms with Gasteiger partial charge in [0.15, 0.2) is 0 Å². The minimum Gasteiger partial charge on any atom is -0.380 e. The molecule has 0 aromatic heterocycles. The second-order valence-corrected chi connectivity index (χ2v) is 4.17. The van der Waals surface area contributed by atoms with Gasteiger partial charge in [0.2, 0.25) is 0 Å². The van der Waals surface area contributed by atoms with Gasteiger partial charge in [-0.1, -0.05) is 26.7 Å². The molecule has 0 amide bonds. The maximum absolute atomic E-state index is 6.04. The van der Waals surface area contributed by atoms with Crippen LogP contribution < -0.4 is 5.32 Å². The number of ether oxygens (including phenoxy) is 1. The van der Waals surface area contributed by atoms with E-state index in [1.807, 2.05) is 0 Å². The largest absolute Gasteiger partial charge is 0.380 e. The van der Waals surface area contributed by atoms with Crippen LogP contribution in [-0.2, 0) is 4.74 Å². The Morgan fingerprint density at radius 3 is 2.64 bits per heavy atom. The van der Waals surface area contributed by atoms with Crippen LogP contribution >= 0.6 is 11.6 Å². The lowest BCUT2D eigenvalue weighted by Crippen LogP contribution is -2.26. The lowest BCUT2D eigenvalue weighted by molar-refractivity contribution is 0.133. The van der Waals surface area contributed by atoms with Crippen molar-refractivity contribution in [1.29, 1.82) is 0 Å². The quantitative estimate of drug-likeness (QED) is 0.453. The van der Waals surface area contributed by atoms with Gasteiger partial charge in [-0.15, -0.1) is 11.6 Å². The van der Waals surface area contributed by atoms with Crippen LogP contribution in [0.15, 0.2) is 0 Å². The second kappa shape index (κ2) is 11.3. The van der Waals surface area contributed by atoms with Gasteiger partial charge in [-0.2, -0.15) is 0 Å². The third-order valence-electron chi connectivity index (χ3n) is 2.03. The maximum atomic E-state index is 6.04. The van der Waals surface area contributed by atoms with E-state index >= 15 is 0 Å². The monoisotopic (exact) mass is 221 g/mol. The molecular formula is C11H24ClNO. The molecule has 0 heterocycles. The van der Waals surface area contributed by atoms with Gasteiger partial charge >= 0.3 is 0 Å². The third-order valence-corrected chi connectivity index (χ3v) is 2.41. The average Bonchev–Trinajstić information content (AvgIpc) is 2.17. The molecule has 0 fully saturated rings. The van der Waals surface area contributed by atoms with Gasteiger partial charge in [-0.05, 0) is 12.8 Å². The minimum atomic E-state index is 0.274. The predicted octanol–water partition coefficient (Wildman–Crippen LogP) is 2.80. The molecule has 86 valence electrons. The predicted molar refractivity (Wildman–Crippen MR) is 63.1 cm³/mol. The Labute approximate surface area is 93.4 Å². The average molecular weight is 222 g/mol. The van der Waals surface area contributed by atoms with Gasteiger partial charge in [0.1, 0.15) is 0 Å². The number of alkyl halides is 1. The number of hydrogen-bond acceptors (Lipinski definition) is 2. The van der Waals surface area contributed by atoms with Gasteiger partial charge in [0.25, 0.3) is 0 Å². The molecule has 14 heavy (non-hydrogen) atoms. The van der Waals surface area contributed by atoms with Crippen molar-refractivity contribution in [1.82, 2.24) is 5.32 Å². The molecule has 1 N–H and O–H groups in total. The van der Waals surface area contributed by atoms with Crippen molar-refractivity contribution < 1.29 is 4.74 Å². The summed E-state index contributed by atoms with van der Waals surface area (Å²) < 4.78 is 5.41. The highest BCUT2D eigenvalue weighted by atomic mass is 35.5. The van der Waals surface area contributed by atoms with Gasteiger partial charge in [0, 0.05) is 25.1 Å². The maximum Gasteiger partial charge on any atom is 0.0590 e. The summed E-state index contributed by atoms with van der Waals surface area (Å²) in [5.74, 6) is 0. The molecule has 0 radical (unpaired) electrons. The highest BCUT2D eigenvalue weighted by molar-refractivity contribution is 6.20. The van der Waals surface area contributed by atoms with Crippen LogP contribution in [-0.4, -0.2) is 31.7 Å². The van der Waals surface area contributed by atoms with E-state index in [1.54, 1.807) is 0 Å². The van der Waals surface area contributed by atoms with E-state index in [4.69, 9.17) is 16.3 Å². The highest BCUT2D eigenvalue weighted by Gasteiger charge is 2.00. The molecule has 0 bridgehead atoms. The van der Waals surface area contributed by atoms with Crippen molar-refractivity contribution in [3.8, 4) is 0 Å². The zero-order valence-electron chi connectivity index (χ0n) is 9.52. The van der Waals surface area contributed by atoms with E-state index in [2.05, 4.69) is 19.2 Å². The van der Waals surface area contributed by atoms with E-state index in [9.17, 15) is 0 Å². The first-order valence-electron chi connectivity index (χ1n) is 5.73. The summed E-state index contributed by atoms with van der Waals surface area (Å²) in [5.41, 5.74) is 0. The second-order valence-electron chi connectivity index (χ2n) is 3.56. The first-order chi connectivity index (χ1) is 6.81. The summed E-state index contributed by atoms with van der Waals surface area (Å²) >= 11 is 6.04. The molecular weight excluding hydrogens is 198 g/mol. The van der Waals surface area contributed by atoms with Crippen molar-refractivity contribution in [2.24, 2.45) is 0 Å². The molecule has 3 heteroatoms. The molecule has 0 rings (SSSR count). The zero-order chi connectivity index (χ0) is 10.6. The van der Waals surface area contributed by atoms with Crippen molar-refractivity contribution in [3.05, 3.63) is 0 Å². The highest BCUT2D eigenvalue weighted by Crippen LogP contribution is 2.02. The summed E-state index contributed by atoms with van der Waals surface area (Å²) in [7, 11) is 0. The van der Waals surface area contributed by atoms with Gasteiger partial charge in [-0.3, -0.25) is 0 Å². The third kappa shape index (κ3) is 10.3. The van der Waals surface area contributed by atoms with Crippen molar-refractivity contribution >= 4 is 11.6 Å². The molecule has 0 aliphatic rings. The van der Waals surface area contributed by atoms with E-state index < -0.39 is 0 Å². The molecule has 0 saturated heterocycles. The van der Waals surface area contributed by atoms with E-state index in [-0.39, 0.29) is 5.38 Å². The smallest absolute Gasteiger partial charge is 0.0590 e. The fourth-order valence-electron chi connectivity index (χ4n) is 1.17. The summed E-state index contributed by atoms with van der Waals surface area (Å²) in [4.78, 5) is 0. The number of hydrogen-bond donors (Lipinski definition) is 1. The Kier molecular flexibility index (Phi) is 11.5. The normalized spacial score (nSPS) is 13.1. The summed E-state index contributed by atoms with van der Waals surface area (Å²) in [6, 6.07) is 0. The molecule has 1 unspecified atom stereocenters. The molecule has 0 aliphatic heterocycles. The Hall–Kier alpha value is 0.210. The Morgan fingerprint density at radius 1 is 1.21 bits per heavy atom. The standard InChI is InChI=1S/C11H24ClNO/c1-3-5-8-14-9-7-13-10-11(12)6-4-2/h11,13H,3-10H2,1-2H3. The van der Waals surface area contributed by atoms with Crippen molar-refractivity contribution in [3.63, 3.8) is 0 Å². The van der Waals surface area contributed by atoms with Crippen molar-refractivity contribution in [2.75, 3.05) is 26.3 Å². The lowest BCUT2D eigenvalue weighted by atomic mass is 10.2.